The van der Waals surface area contributed by atoms with Crippen molar-refractivity contribution in [1.29, 1.82) is 0 Å². The first-order valence-electron chi connectivity index (χ1n) is 8.79. The van der Waals surface area contributed by atoms with Gasteiger partial charge in [0.25, 0.3) is 0 Å². The molecule has 0 aliphatic heterocycles. The number of rotatable bonds is 4. The highest BCUT2D eigenvalue weighted by molar-refractivity contribution is 6.04. The highest BCUT2D eigenvalue weighted by Gasteiger charge is 2.10. The Labute approximate surface area is 157 Å². The molecule has 4 nitrogen and oxygen atoms in total. The number of aryl methyl sites for hydroxylation is 1. The lowest BCUT2D eigenvalue weighted by Crippen LogP contribution is -2.08. The van der Waals surface area contributed by atoms with Crippen molar-refractivity contribution in [2.45, 2.75) is 6.92 Å². The zero-order valence-electron chi connectivity index (χ0n) is 14.9. The van der Waals surface area contributed by atoms with Crippen LogP contribution in [0.25, 0.3) is 28.5 Å². The molecule has 1 aromatic heterocycles. The molecule has 4 rings (SSSR count). The van der Waals surface area contributed by atoms with Gasteiger partial charge in [-0.1, -0.05) is 54.1 Å². The molecular formula is C23H19N3O. The summed E-state index contributed by atoms with van der Waals surface area (Å²) < 4.78 is 0. The first-order chi connectivity index (χ1) is 13.2. The van der Waals surface area contributed by atoms with E-state index in [1.165, 1.54) is 5.56 Å². The molecule has 0 radical (unpaired) electrons. The van der Waals surface area contributed by atoms with E-state index in [1.807, 2.05) is 79.7 Å². The van der Waals surface area contributed by atoms with E-state index >= 15 is 0 Å². The molecule has 2 N–H and O–H groups in total. The molecular weight excluding hydrogens is 334 g/mol. The summed E-state index contributed by atoms with van der Waals surface area (Å²) >= 11 is 0. The fourth-order valence-electron chi connectivity index (χ4n) is 2.90. The summed E-state index contributed by atoms with van der Waals surface area (Å²) in [6.45, 7) is 2.04. The van der Waals surface area contributed by atoms with Crippen LogP contribution < -0.4 is 5.32 Å². The minimum atomic E-state index is -0.181. The Hall–Kier alpha value is -3.66. The van der Waals surface area contributed by atoms with Gasteiger partial charge in [-0.05, 0) is 42.8 Å². The molecule has 4 heteroatoms. The van der Waals surface area contributed by atoms with Crippen LogP contribution >= 0.6 is 0 Å². The molecule has 27 heavy (non-hydrogen) atoms. The average molecular weight is 353 g/mol. The second-order valence-electron chi connectivity index (χ2n) is 6.38. The zero-order valence-corrected chi connectivity index (χ0v) is 14.9. The van der Waals surface area contributed by atoms with Crippen molar-refractivity contribution in [1.82, 2.24) is 9.97 Å². The molecule has 0 fully saturated rings. The van der Waals surface area contributed by atoms with Crippen molar-refractivity contribution in [2.75, 3.05) is 5.32 Å². The molecule has 3 aromatic carbocycles. The van der Waals surface area contributed by atoms with Crippen molar-refractivity contribution in [3.05, 3.63) is 90.0 Å². The number of nitrogens with one attached hydrogen (secondary N) is 2. The van der Waals surface area contributed by atoms with Gasteiger partial charge in [-0.25, -0.2) is 4.98 Å². The molecule has 1 heterocycles. The molecule has 1 amide bonds. The van der Waals surface area contributed by atoms with E-state index in [-0.39, 0.29) is 5.91 Å². The summed E-state index contributed by atoms with van der Waals surface area (Å²) in [6, 6.07) is 23.5. The van der Waals surface area contributed by atoms with Gasteiger partial charge in [0.15, 0.2) is 0 Å². The first kappa shape index (κ1) is 16.8. The van der Waals surface area contributed by atoms with Crippen molar-refractivity contribution in [3.63, 3.8) is 0 Å². The lowest BCUT2D eigenvalue weighted by Gasteiger charge is -2.07. The molecule has 0 aliphatic rings. The highest BCUT2D eigenvalue weighted by atomic mass is 16.1. The SMILES string of the molecule is Cc1ccc(C=CC(=O)Nc2ccccc2-c2nc3ccccc3[nH]2)cc1. The third-order valence-corrected chi connectivity index (χ3v) is 4.33. The minimum Gasteiger partial charge on any atom is -0.338 e. The van der Waals surface area contributed by atoms with E-state index in [4.69, 9.17) is 0 Å². The van der Waals surface area contributed by atoms with Crippen LogP contribution in [0.1, 0.15) is 11.1 Å². The van der Waals surface area contributed by atoms with Crippen molar-refractivity contribution >= 4 is 28.7 Å². The fraction of sp³-hybridized carbons (Fsp3) is 0.0435. The maximum absolute atomic E-state index is 12.4. The molecule has 0 atom stereocenters. The zero-order chi connectivity index (χ0) is 18.6. The standard InChI is InChI=1S/C23H19N3O/c1-16-10-12-17(13-11-16)14-15-22(27)24-19-7-3-2-6-18(19)23-25-20-8-4-5-9-21(20)26-23/h2-15H,1H3,(H,24,27)(H,25,26). The summed E-state index contributed by atoms with van der Waals surface area (Å²) in [7, 11) is 0. The Morgan fingerprint density at radius 1 is 0.963 bits per heavy atom. The van der Waals surface area contributed by atoms with E-state index in [0.717, 1.165) is 33.7 Å². The van der Waals surface area contributed by atoms with E-state index in [9.17, 15) is 4.79 Å². The molecule has 0 unspecified atom stereocenters. The molecule has 0 saturated carbocycles. The first-order valence-corrected chi connectivity index (χ1v) is 8.79. The molecule has 4 aromatic rings. The number of aromatic amines is 1. The molecule has 0 saturated heterocycles. The summed E-state index contributed by atoms with van der Waals surface area (Å²) in [4.78, 5) is 20.3. The number of aromatic nitrogens is 2. The Balaban J connectivity index is 1.57. The van der Waals surface area contributed by atoms with Crippen LogP contribution in [0, 0.1) is 6.92 Å². The van der Waals surface area contributed by atoms with Crippen molar-refractivity contribution in [2.24, 2.45) is 0 Å². The second kappa shape index (κ2) is 7.30. The summed E-state index contributed by atoms with van der Waals surface area (Å²) in [5.41, 5.74) is 5.61. The highest BCUT2D eigenvalue weighted by Crippen LogP contribution is 2.27. The Kier molecular flexibility index (Phi) is 4.54. The lowest BCUT2D eigenvalue weighted by atomic mass is 10.1. The van der Waals surface area contributed by atoms with E-state index < -0.39 is 0 Å². The number of nitrogens with zero attached hydrogens (tertiary/aromatic N) is 1. The number of H-pyrrole nitrogens is 1. The third-order valence-electron chi connectivity index (χ3n) is 4.33. The summed E-state index contributed by atoms with van der Waals surface area (Å²) in [5.74, 6) is 0.550. The van der Waals surface area contributed by atoms with Crippen molar-refractivity contribution in [3.8, 4) is 11.4 Å². The Bertz CT molecular complexity index is 1090. The van der Waals surface area contributed by atoms with Crippen molar-refractivity contribution < 1.29 is 4.79 Å². The molecule has 132 valence electrons. The van der Waals surface area contributed by atoms with Gasteiger partial charge in [0, 0.05) is 11.6 Å². The molecule has 0 aliphatic carbocycles. The number of fused-ring (bicyclic) bond motifs is 1. The van der Waals surface area contributed by atoms with Gasteiger partial charge in [0.1, 0.15) is 5.82 Å². The van der Waals surface area contributed by atoms with Crippen LogP contribution in [0.3, 0.4) is 0 Å². The quantitative estimate of drug-likeness (QED) is 0.496. The maximum atomic E-state index is 12.4. The molecule has 0 spiro atoms. The predicted molar refractivity (Wildman–Crippen MR) is 110 cm³/mol. The van der Waals surface area contributed by atoms with Crippen LogP contribution in [-0.4, -0.2) is 15.9 Å². The number of anilines is 1. The van der Waals surface area contributed by atoms with Gasteiger partial charge < -0.3 is 10.3 Å². The van der Waals surface area contributed by atoms with Gasteiger partial charge in [0.2, 0.25) is 5.91 Å². The smallest absolute Gasteiger partial charge is 0.248 e. The Morgan fingerprint density at radius 2 is 1.70 bits per heavy atom. The van der Waals surface area contributed by atoms with Gasteiger partial charge in [-0.3, -0.25) is 4.79 Å². The lowest BCUT2D eigenvalue weighted by molar-refractivity contribution is -0.111. The average Bonchev–Trinajstić information content (AvgIpc) is 3.12. The Morgan fingerprint density at radius 3 is 2.52 bits per heavy atom. The van der Waals surface area contributed by atoms with E-state index in [1.54, 1.807) is 12.2 Å². The number of carbonyl (C=O) groups is 1. The van der Waals surface area contributed by atoms with E-state index in [0.29, 0.717) is 0 Å². The van der Waals surface area contributed by atoms with Gasteiger partial charge in [0.05, 0.1) is 16.7 Å². The van der Waals surface area contributed by atoms with Crippen LogP contribution in [0.15, 0.2) is 78.9 Å². The second-order valence-corrected chi connectivity index (χ2v) is 6.38. The number of hydrogen-bond donors (Lipinski definition) is 2. The predicted octanol–water partition coefficient (Wildman–Crippen LogP) is 5.19. The van der Waals surface area contributed by atoms with Crippen LogP contribution in [0.2, 0.25) is 0 Å². The van der Waals surface area contributed by atoms with E-state index in [2.05, 4.69) is 15.3 Å². The number of amides is 1. The third kappa shape index (κ3) is 3.80. The number of imidazole rings is 1. The summed E-state index contributed by atoms with van der Waals surface area (Å²) in [5, 5.41) is 2.95. The van der Waals surface area contributed by atoms with Gasteiger partial charge >= 0.3 is 0 Å². The number of benzene rings is 3. The van der Waals surface area contributed by atoms with Crippen LogP contribution in [-0.2, 0) is 4.79 Å². The maximum Gasteiger partial charge on any atom is 0.248 e. The van der Waals surface area contributed by atoms with Gasteiger partial charge in [-0.15, -0.1) is 0 Å². The van der Waals surface area contributed by atoms with Gasteiger partial charge in [-0.2, -0.15) is 0 Å². The topological polar surface area (TPSA) is 57.8 Å². The normalized spacial score (nSPS) is 11.1. The number of para-hydroxylation sites is 3. The number of hydrogen-bond acceptors (Lipinski definition) is 2. The monoisotopic (exact) mass is 353 g/mol. The minimum absolute atomic E-state index is 0.181. The number of carbonyl (C=O) groups excluding carboxylic acids is 1. The largest absolute Gasteiger partial charge is 0.338 e. The summed E-state index contributed by atoms with van der Waals surface area (Å²) in [6.07, 6.45) is 3.35. The molecule has 0 bridgehead atoms. The van der Waals surface area contributed by atoms with Crippen LogP contribution in [0.4, 0.5) is 5.69 Å². The van der Waals surface area contributed by atoms with Crippen LogP contribution in [0.5, 0.6) is 0 Å². The fourth-order valence-corrected chi connectivity index (χ4v) is 2.90.